The number of methoxy groups -OCH3 is 1. The number of allylic oxidation sites excluding steroid dienone is 2. The molecule has 0 bridgehead atoms. The van der Waals surface area contributed by atoms with E-state index in [1.807, 2.05) is 43.3 Å². The molecule has 268 valence electrons. The van der Waals surface area contributed by atoms with Crippen LogP contribution in [-0.4, -0.2) is 55.3 Å². The summed E-state index contributed by atoms with van der Waals surface area (Å²) in [5, 5.41) is 5.81. The summed E-state index contributed by atoms with van der Waals surface area (Å²) in [4.78, 5) is 51.8. The van der Waals surface area contributed by atoms with Crippen molar-refractivity contribution in [2.75, 3.05) is 7.11 Å². The van der Waals surface area contributed by atoms with Crippen LogP contribution in [-0.2, 0) is 57.5 Å². The van der Waals surface area contributed by atoms with E-state index in [2.05, 4.69) is 10.2 Å². The quantitative estimate of drug-likeness (QED) is 0.0944. The van der Waals surface area contributed by atoms with Gasteiger partial charge in [0.05, 0.1) is 30.2 Å². The van der Waals surface area contributed by atoms with Crippen LogP contribution in [0, 0.1) is 6.92 Å². The lowest BCUT2D eigenvalue weighted by Gasteiger charge is -2.30. The summed E-state index contributed by atoms with van der Waals surface area (Å²) in [6, 6.07) is 7.14. The lowest BCUT2D eigenvalue weighted by molar-refractivity contribution is -0.149. The molecule has 0 fully saturated rings. The van der Waals surface area contributed by atoms with Gasteiger partial charge >= 0.3 is 23.9 Å². The number of hydrogen-bond donors (Lipinski definition) is 2. The number of benzene rings is 2. The molecule has 1 aliphatic rings. The van der Waals surface area contributed by atoms with Crippen LogP contribution in [0.1, 0.15) is 93.9 Å². The Balaban J connectivity index is 2.06. The highest BCUT2D eigenvalue weighted by atomic mass is 31.2. The largest absolute Gasteiger partial charge is 0.496 e. The third-order valence-electron chi connectivity index (χ3n) is 7.74. The first-order chi connectivity index (χ1) is 23.1. The molecule has 0 amide bonds. The highest BCUT2D eigenvalue weighted by Crippen LogP contribution is 2.46. The number of rotatable bonds is 17. The molecular weight excluding hydrogens is 651 g/mol. The fourth-order valence-corrected chi connectivity index (χ4v) is 8.10. The molecule has 49 heavy (non-hydrogen) atoms. The van der Waals surface area contributed by atoms with Crippen LogP contribution in [0.5, 0.6) is 5.75 Å². The molecule has 1 heterocycles. The van der Waals surface area contributed by atoms with Gasteiger partial charge in [-0.25, -0.2) is 15.0 Å². The first-order valence-corrected chi connectivity index (χ1v) is 18.1. The number of ether oxygens (including phenoxy) is 5. The monoisotopic (exact) mass is 700 g/mol. The predicted octanol–water partition coefficient (Wildman–Crippen LogP) is 5.36. The van der Waals surface area contributed by atoms with Crippen LogP contribution in [0.15, 0.2) is 42.0 Å². The van der Waals surface area contributed by atoms with Crippen LogP contribution in [0.2, 0.25) is 0 Å². The molecule has 2 N–H and O–H groups in total. The zero-order valence-corrected chi connectivity index (χ0v) is 30.7. The minimum atomic E-state index is -4.27. The van der Waals surface area contributed by atoms with Gasteiger partial charge in [-0.1, -0.05) is 42.0 Å². The van der Waals surface area contributed by atoms with E-state index in [4.69, 9.17) is 23.7 Å². The van der Waals surface area contributed by atoms with Gasteiger partial charge in [0.25, 0.3) is 0 Å². The number of fused-ring (bicyclic) bond motifs is 1. The Hall–Kier alpha value is -3.99. The highest BCUT2D eigenvalue weighted by Gasteiger charge is 2.43. The third-order valence-corrected chi connectivity index (χ3v) is 10.4. The second kappa shape index (κ2) is 17.6. The molecule has 12 nitrogen and oxygen atoms in total. The van der Waals surface area contributed by atoms with Gasteiger partial charge in [0.15, 0.2) is 0 Å². The minimum absolute atomic E-state index is 0.0344. The summed E-state index contributed by atoms with van der Waals surface area (Å²) >= 11 is 0. The molecule has 0 saturated heterocycles. The van der Waals surface area contributed by atoms with Crippen molar-refractivity contribution in [3.63, 3.8) is 0 Å². The lowest BCUT2D eigenvalue weighted by atomic mass is 9.96. The smallest absolute Gasteiger partial charge is 0.339 e. The molecule has 0 aromatic heterocycles. The van der Waals surface area contributed by atoms with Gasteiger partial charge in [0.1, 0.15) is 31.0 Å². The molecule has 0 unspecified atom stereocenters. The van der Waals surface area contributed by atoms with Crippen LogP contribution in [0.4, 0.5) is 0 Å². The molecule has 2 aromatic rings. The molecule has 1 aliphatic heterocycles. The minimum Gasteiger partial charge on any atom is -0.496 e. The maximum Gasteiger partial charge on any atom is 0.339 e. The van der Waals surface area contributed by atoms with Crippen molar-refractivity contribution in [2.45, 2.75) is 112 Å². The highest BCUT2D eigenvalue weighted by molar-refractivity contribution is 7.68. The average molecular weight is 701 g/mol. The Morgan fingerprint density at radius 3 is 2.04 bits per heavy atom. The van der Waals surface area contributed by atoms with Crippen molar-refractivity contribution in [2.24, 2.45) is 0 Å². The van der Waals surface area contributed by atoms with Crippen molar-refractivity contribution < 1.29 is 47.4 Å². The second-order valence-corrected chi connectivity index (χ2v) is 14.8. The van der Waals surface area contributed by atoms with E-state index in [1.165, 1.54) is 21.0 Å². The van der Waals surface area contributed by atoms with E-state index in [0.717, 1.165) is 11.1 Å². The number of esters is 4. The van der Waals surface area contributed by atoms with E-state index in [-0.39, 0.29) is 42.9 Å². The van der Waals surface area contributed by atoms with Gasteiger partial charge in [-0.15, -0.1) is 0 Å². The second-order valence-electron chi connectivity index (χ2n) is 12.6. The average Bonchev–Trinajstić information content (AvgIpc) is 3.42. The number of nitrogens with one attached hydrogen (secondary N) is 2. The Morgan fingerprint density at radius 2 is 1.51 bits per heavy atom. The van der Waals surface area contributed by atoms with Gasteiger partial charge in [0.2, 0.25) is 7.44 Å². The fourth-order valence-electron chi connectivity index (χ4n) is 5.35. The number of cyclic esters (lactones) is 1. The van der Waals surface area contributed by atoms with Crippen molar-refractivity contribution >= 4 is 36.6 Å². The van der Waals surface area contributed by atoms with Gasteiger partial charge in [0, 0.05) is 17.5 Å². The molecule has 3 rings (SSSR count). The third kappa shape index (κ3) is 10.5. The topological polar surface area (TPSA) is 156 Å². The predicted molar refractivity (Wildman–Crippen MR) is 185 cm³/mol. The Morgan fingerprint density at radius 1 is 0.939 bits per heavy atom. The van der Waals surface area contributed by atoms with Crippen molar-refractivity contribution in [3.8, 4) is 5.75 Å². The molecule has 0 aliphatic carbocycles. The van der Waals surface area contributed by atoms with Crippen LogP contribution in [0.25, 0.3) is 0 Å². The first-order valence-electron chi connectivity index (χ1n) is 16.4. The van der Waals surface area contributed by atoms with Gasteiger partial charge in [-0.2, -0.15) is 0 Å². The Labute approximate surface area is 288 Å². The van der Waals surface area contributed by atoms with Crippen LogP contribution < -0.4 is 20.2 Å². The lowest BCUT2D eigenvalue weighted by Crippen LogP contribution is -2.47. The Kier molecular flexibility index (Phi) is 14.2. The van der Waals surface area contributed by atoms with Crippen LogP contribution >= 0.6 is 7.44 Å². The van der Waals surface area contributed by atoms with Crippen molar-refractivity contribution in [1.29, 1.82) is 0 Å². The maximum absolute atomic E-state index is 15.4. The normalized spacial score (nSPS) is 14.3. The number of carbonyl (C=O) groups is 4. The molecule has 13 heteroatoms. The number of carbonyl (C=O) groups excluding carboxylic acids is 4. The van der Waals surface area contributed by atoms with E-state index in [1.54, 1.807) is 34.6 Å². The van der Waals surface area contributed by atoms with E-state index >= 15 is 4.57 Å². The zero-order valence-electron chi connectivity index (χ0n) is 29.8. The van der Waals surface area contributed by atoms with E-state index < -0.39 is 49.6 Å². The summed E-state index contributed by atoms with van der Waals surface area (Å²) in [6.45, 7) is 13.5. The summed E-state index contributed by atoms with van der Waals surface area (Å²) < 4.78 is 42.8. The molecule has 0 spiro atoms. The summed E-state index contributed by atoms with van der Waals surface area (Å²) in [5.74, 6) is -2.03. The molecule has 0 saturated carbocycles. The SMILES string of the molecule is COc1c(C)c2c(c(P(=O)(N[C@@H](C)C(=O)OC(C)C)N[C@@H](C)C(=O)OC(C)C)c1C/C=C(\C)CCC(=O)OCc1ccccc1)C(=O)OC2. The van der Waals surface area contributed by atoms with Gasteiger partial charge in [-0.05, 0) is 79.4 Å². The van der Waals surface area contributed by atoms with Crippen LogP contribution in [0.3, 0.4) is 0 Å². The Bertz CT molecular complexity index is 1570. The fraction of sp³-hybridized carbons (Fsp3) is 0.500. The standard InChI is InChI=1S/C36H49N2O10P/c1-21(2)47-34(40)25(7)37-49(43,38-26(8)35(41)48-22(3)4)33-28(32(44-9)24(6)29-20-46-36(42)31(29)33)17-15-23(5)16-18-30(39)45-19-27-13-11-10-12-14-27/h10-15,21-22,25-26H,16-20H2,1-9H3,(H2,37,38,43)/b23-15+/t25-,26-/m0/s1. The molecule has 0 radical (unpaired) electrons. The summed E-state index contributed by atoms with van der Waals surface area (Å²) in [5.41, 5.74) is 3.30. The molecule has 2 aromatic carbocycles. The van der Waals surface area contributed by atoms with E-state index in [9.17, 15) is 19.2 Å². The first kappa shape index (κ1) is 39.4. The van der Waals surface area contributed by atoms with Gasteiger partial charge in [-0.3, -0.25) is 18.9 Å². The summed E-state index contributed by atoms with van der Waals surface area (Å²) in [7, 11) is -2.80. The molecular formula is C36H49N2O10P. The maximum atomic E-state index is 15.4. The summed E-state index contributed by atoms with van der Waals surface area (Å²) in [6.07, 6.45) is 1.63. The van der Waals surface area contributed by atoms with Crippen molar-refractivity contribution in [1.82, 2.24) is 10.2 Å². The van der Waals surface area contributed by atoms with E-state index in [0.29, 0.717) is 28.9 Å². The number of hydrogen-bond acceptors (Lipinski definition) is 10. The van der Waals surface area contributed by atoms with Gasteiger partial charge < -0.3 is 23.7 Å². The zero-order chi connectivity index (χ0) is 36.5. The van der Waals surface area contributed by atoms with Crippen molar-refractivity contribution in [3.05, 3.63) is 69.8 Å². The molecule has 2 atom stereocenters.